The topological polar surface area (TPSA) is 98.4 Å². The summed E-state index contributed by atoms with van der Waals surface area (Å²) in [6.45, 7) is 3.45. The third-order valence-electron chi connectivity index (χ3n) is 4.94. The lowest BCUT2D eigenvalue weighted by Gasteiger charge is -2.33. The van der Waals surface area contributed by atoms with E-state index in [4.69, 9.17) is 10.2 Å². The average Bonchev–Trinajstić information content (AvgIpc) is 3.22. The number of fused-ring (bicyclic) bond motifs is 3. The van der Waals surface area contributed by atoms with Crippen molar-refractivity contribution in [2.24, 2.45) is 0 Å². The molecule has 4 rings (SSSR count). The molecule has 2 aromatic heterocycles. The fourth-order valence-corrected chi connectivity index (χ4v) is 3.33. The van der Waals surface area contributed by atoms with Crippen LogP contribution in [0.25, 0.3) is 16.6 Å². The maximum absolute atomic E-state index is 13.0. The van der Waals surface area contributed by atoms with Crippen LogP contribution in [-0.2, 0) is 15.8 Å². The molecule has 0 amide bonds. The van der Waals surface area contributed by atoms with Gasteiger partial charge in [0.15, 0.2) is 5.82 Å². The van der Waals surface area contributed by atoms with Gasteiger partial charge in [0, 0.05) is 44.5 Å². The van der Waals surface area contributed by atoms with Gasteiger partial charge in [-0.1, -0.05) is 0 Å². The second kappa shape index (κ2) is 9.27. The summed E-state index contributed by atoms with van der Waals surface area (Å²) in [6, 6.07) is 7.59. The van der Waals surface area contributed by atoms with E-state index in [2.05, 4.69) is 21.8 Å². The number of carbonyl (C=O) groups is 2. The highest BCUT2D eigenvalue weighted by atomic mass is 19.4. The Morgan fingerprint density at radius 1 is 1.00 bits per heavy atom. The number of carboxylic acids is 2. The zero-order valence-electron chi connectivity index (χ0n) is 17.1. The van der Waals surface area contributed by atoms with Gasteiger partial charge in [0.25, 0.3) is 0 Å². The molecular formula is C21H21F3N4O4. The van der Waals surface area contributed by atoms with Crippen molar-refractivity contribution in [1.82, 2.24) is 14.3 Å². The van der Waals surface area contributed by atoms with Crippen LogP contribution in [0.2, 0.25) is 0 Å². The van der Waals surface area contributed by atoms with Crippen LogP contribution in [0, 0.1) is 0 Å². The molecule has 2 N–H and O–H groups in total. The molecule has 170 valence electrons. The van der Waals surface area contributed by atoms with Crippen LogP contribution in [0.15, 0.2) is 48.7 Å². The van der Waals surface area contributed by atoms with Crippen LogP contribution < -0.4 is 4.90 Å². The summed E-state index contributed by atoms with van der Waals surface area (Å²) < 4.78 is 41.0. The van der Waals surface area contributed by atoms with Gasteiger partial charge < -0.3 is 24.4 Å². The number of anilines is 1. The molecule has 1 saturated heterocycles. The van der Waals surface area contributed by atoms with Gasteiger partial charge in [0.05, 0.1) is 22.1 Å². The first-order valence-electron chi connectivity index (χ1n) is 9.61. The number of aromatic nitrogens is 2. The highest BCUT2D eigenvalue weighted by Gasteiger charge is 2.31. The van der Waals surface area contributed by atoms with Crippen molar-refractivity contribution in [1.29, 1.82) is 0 Å². The molecule has 3 heterocycles. The average molecular weight is 450 g/mol. The van der Waals surface area contributed by atoms with Crippen LogP contribution in [0.5, 0.6) is 0 Å². The fourth-order valence-electron chi connectivity index (χ4n) is 3.33. The minimum atomic E-state index is -4.37. The summed E-state index contributed by atoms with van der Waals surface area (Å²) in [4.78, 5) is 28.1. The summed E-state index contributed by atoms with van der Waals surface area (Å²) in [5, 5.41) is 15.6. The second-order valence-corrected chi connectivity index (χ2v) is 7.20. The Labute approximate surface area is 180 Å². The van der Waals surface area contributed by atoms with Gasteiger partial charge >= 0.3 is 18.1 Å². The summed E-state index contributed by atoms with van der Waals surface area (Å²) in [6.07, 6.45) is -1.38. The first kappa shape index (κ1) is 23.1. The van der Waals surface area contributed by atoms with E-state index in [1.54, 1.807) is 0 Å². The summed E-state index contributed by atoms with van der Waals surface area (Å²) in [7, 11) is 2.06. The molecule has 0 saturated carbocycles. The molecule has 32 heavy (non-hydrogen) atoms. The van der Waals surface area contributed by atoms with E-state index >= 15 is 0 Å². The van der Waals surface area contributed by atoms with Gasteiger partial charge in [-0.25, -0.2) is 14.6 Å². The van der Waals surface area contributed by atoms with Crippen LogP contribution in [0.1, 0.15) is 5.56 Å². The maximum Gasteiger partial charge on any atom is 0.416 e. The van der Waals surface area contributed by atoms with Crippen LogP contribution in [0.3, 0.4) is 0 Å². The van der Waals surface area contributed by atoms with Gasteiger partial charge in [-0.05, 0) is 37.4 Å². The van der Waals surface area contributed by atoms with Crippen LogP contribution in [-0.4, -0.2) is 69.7 Å². The maximum atomic E-state index is 13.0. The number of alkyl halides is 3. The van der Waals surface area contributed by atoms with Crippen molar-refractivity contribution >= 4 is 34.3 Å². The number of carboxylic acid groups (broad SMARTS) is 2. The van der Waals surface area contributed by atoms with Gasteiger partial charge in [-0.15, -0.1) is 0 Å². The second-order valence-electron chi connectivity index (χ2n) is 7.20. The van der Waals surface area contributed by atoms with E-state index in [9.17, 15) is 22.8 Å². The molecule has 11 heteroatoms. The molecule has 1 aliphatic heterocycles. The lowest BCUT2D eigenvalue weighted by atomic mass is 10.2. The van der Waals surface area contributed by atoms with Crippen LogP contribution >= 0.6 is 0 Å². The summed E-state index contributed by atoms with van der Waals surface area (Å²) in [5.74, 6) is -1.76. The Morgan fingerprint density at radius 3 is 2.19 bits per heavy atom. The predicted molar refractivity (Wildman–Crippen MR) is 112 cm³/mol. The van der Waals surface area contributed by atoms with Crippen molar-refractivity contribution < 1.29 is 33.0 Å². The third kappa shape index (κ3) is 5.35. The molecular weight excluding hydrogens is 429 g/mol. The van der Waals surface area contributed by atoms with Crippen molar-refractivity contribution in [3.63, 3.8) is 0 Å². The monoisotopic (exact) mass is 450 g/mol. The molecule has 0 aliphatic carbocycles. The van der Waals surface area contributed by atoms with E-state index in [1.165, 1.54) is 6.07 Å². The zero-order valence-corrected chi connectivity index (χ0v) is 17.1. The number of hydrogen-bond donors (Lipinski definition) is 2. The number of halogens is 3. The zero-order chi connectivity index (χ0) is 23.5. The van der Waals surface area contributed by atoms with E-state index in [-0.39, 0.29) is 0 Å². The lowest BCUT2D eigenvalue weighted by molar-refractivity contribution is -0.137. The number of hydrogen-bond acceptors (Lipinski definition) is 5. The quantitative estimate of drug-likeness (QED) is 0.592. The van der Waals surface area contributed by atoms with Gasteiger partial charge in [0.2, 0.25) is 0 Å². The van der Waals surface area contributed by atoms with Crippen molar-refractivity contribution in [2.75, 3.05) is 38.1 Å². The number of likely N-dealkylation sites (N-methyl/N-ethyl adjacent to an activating group) is 1. The number of rotatable bonds is 3. The molecule has 3 aromatic rings. The van der Waals surface area contributed by atoms with Gasteiger partial charge in [-0.3, -0.25) is 0 Å². The van der Waals surface area contributed by atoms with Crippen molar-refractivity contribution in [2.45, 2.75) is 6.18 Å². The molecule has 0 unspecified atom stereocenters. The Bertz CT molecular complexity index is 1150. The number of nitrogens with zero attached hydrogens (tertiary/aromatic N) is 4. The standard InChI is InChI=1S/C17H17F3N4.C4H4O4/c1-22-7-9-23(10-8-22)16-15-3-2-6-24(15)14-5-4-12(17(18,19)20)11-13(14)21-16;5-3(6)1-2-4(7)8/h2-6,11H,7-10H2,1H3;1-2H,(H,5,6)(H,7,8). The fraction of sp³-hybridized carbons (Fsp3) is 0.286. The smallest absolute Gasteiger partial charge is 0.416 e. The first-order valence-corrected chi connectivity index (χ1v) is 9.61. The summed E-state index contributed by atoms with van der Waals surface area (Å²) >= 11 is 0. The highest BCUT2D eigenvalue weighted by molar-refractivity contribution is 5.89. The molecule has 1 aliphatic rings. The Kier molecular flexibility index (Phi) is 6.68. The van der Waals surface area contributed by atoms with Gasteiger partial charge in [0.1, 0.15) is 0 Å². The van der Waals surface area contributed by atoms with E-state index in [1.807, 2.05) is 22.7 Å². The highest BCUT2D eigenvalue weighted by Crippen LogP contribution is 2.33. The van der Waals surface area contributed by atoms with Gasteiger partial charge in [-0.2, -0.15) is 13.2 Å². The van der Waals surface area contributed by atoms with Crippen molar-refractivity contribution in [3.05, 3.63) is 54.2 Å². The minimum absolute atomic E-state index is 0.363. The normalized spacial score (nSPS) is 15.2. The predicted octanol–water partition coefficient (Wildman–Crippen LogP) is 2.97. The van der Waals surface area contributed by atoms with E-state index in [0.29, 0.717) is 23.2 Å². The number of piperazine rings is 1. The molecule has 0 bridgehead atoms. The van der Waals surface area contributed by atoms with Crippen LogP contribution in [0.4, 0.5) is 19.0 Å². The number of benzene rings is 1. The first-order chi connectivity index (χ1) is 15.1. The molecule has 8 nitrogen and oxygen atoms in total. The molecule has 1 aromatic carbocycles. The number of aliphatic carboxylic acids is 2. The SMILES string of the molecule is CN1CCN(c2nc3cc(C(F)(F)F)ccc3n3cccc23)CC1.O=C(O)C=CC(=O)O. The molecule has 0 atom stereocenters. The third-order valence-corrected chi connectivity index (χ3v) is 4.94. The summed E-state index contributed by atoms with van der Waals surface area (Å²) in [5.41, 5.74) is 1.30. The molecule has 1 fully saturated rings. The van der Waals surface area contributed by atoms with Crippen molar-refractivity contribution in [3.8, 4) is 0 Å². The van der Waals surface area contributed by atoms with E-state index < -0.39 is 23.7 Å². The molecule has 0 spiro atoms. The van der Waals surface area contributed by atoms with E-state index in [0.717, 1.165) is 49.6 Å². The lowest BCUT2D eigenvalue weighted by Crippen LogP contribution is -2.45. The minimum Gasteiger partial charge on any atom is -0.478 e. The Hall–Kier alpha value is -3.60. The molecule has 0 radical (unpaired) electrons. The Morgan fingerprint density at radius 2 is 1.62 bits per heavy atom. The largest absolute Gasteiger partial charge is 0.478 e. The Balaban J connectivity index is 0.000000312.